The fourth-order valence-corrected chi connectivity index (χ4v) is 7.23. The van der Waals surface area contributed by atoms with Crippen LogP contribution in [0.25, 0.3) is 0 Å². The van der Waals surface area contributed by atoms with Crippen LogP contribution in [0.2, 0.25) is 0 Å². The first-order valence-electron chi connectivity index (χ1n) is 11.4. The van der Waals surface area contributed by atoms with Crippen molar-refractivity contribution in [2.45, 2.75) is 68.5 Å². The number of rotatable bonds is 2. The summed E-state index contributed by atoms with van der Waals surface area (Å²) in [6, 6.07) is 7.77. The van der Waals surface area contributed by atoms with E-state index in [2.05, 4.69) is 18.0 Å². The number of likely N-dealkylation sites (N-methyl/N-ethyl adjacent to an activating group) is 3. The van der Waals surface area contributed by atoms with Gasteiger partial charge in [-0.05, 0) is 82.8 Å². The highest BCUT2D eigenvalue weighted by atomic mass is 16.3. The fraction of sp³-hybridized carbons (Fsp3) is 0.625. The third kappa shape index (κ3) is 2.30. The lowest BCUT2D eigenvalue weighted by Gasteiger charge is -2.66. The number of benzene rings is 1. The van der Waals surface area contributed by atoms with Gasteiger partial charge in [0.1, 0.15) is 5.54 Å². The normalized spacial score (nSPS) is 37.1. The van der Waals surface area contributed by atoms with Gasteiger partial charge in [-0.3, -0.25) is 9.69 Å². The lowest BCUT2D eigenvalue weighted by Crippen LogP contribution is -2.76. The van der Waals surface area contributed by atoms with Crippen LogP contribution in [0.15, 0.2) is 18.2 Å². The highest BCUT2D eigenvalue weighted by Crippen LogP contribution is 2.61. The number of likely N-dealkylation sites (tertiary alicyclic amines) is 1. The second-order valence-electron chi connectivity index (χ2n) is 9.73. The van der Waals surface area contributed by atoms with Crippen LogP contribution >= 0.6 is 0 Å². The average molecular weight is 423 g/mol. The highest BCUT2D eigenvalue weighted by molar-refractivity contribution is 6.07. The Hall–Kier alpha value is -2.43. The molecule has 2 aliphatic carbocycles. The molecule has 7 heteroatoms. The monoisotopic (exact) mass is 422 g/mol. The van der Waals surface area contributed by atoms with Crippen molar-refractivity contribution >= 4 is 11.9 Å². The Labute approximate surface area is 183 Å². The van der Waals surface area contributed by atoms with Crippen LogP contribution in [0.3, 0.4) is 0 Å². The van der Waals surface area contributed by atoms with E-state index in [1.54, 1.807) is 4.90 Å². The van der Waals surface area contributed by atoms with Gasteiger partial charge in [0.25, 0.3) is 5.91 Å². The zero-order valence-electron chi connectivity index (χ0n) is 18.5. The lowest BCUT2D eigenvalue weighted by molar-refractivity contribution is -0.184. The van der Waals surface area contributed by atoms with Crippen LogP contribution < -0.4 is 0 Å². The molecule has 2 aliphatic heterocycles. The van der Waals surface area contributed by atoms with Crippen LogP contribution in [-0.4, -0.2) is 75.6 Å². The number of carbonyl (C=O) groups excluding carboxylic acids is 2. The van der Waals surface area contributed by atoms with Gasteiger partial charge in [0.15, 0.2) is 0 Å². The molecule has 4 aliphatic rings. The first kappa shape index (κ1) is 20.5. The van der Waals surface area contributed by atoms with Crippen molar-refractivity contribution in [1.29, 1.82) is 5.26 Å². The number of urea groups is 1. The van der Waals surface area contributed by atoms with E-state index in [0.717, 1.165) is 24.1 Å². The van der Waals surface area contributed by atoms with E-state index in [9.17, 15) is 20.0 Å². The zero-order valence-corrected chi connectivity index (χ0v) is 18.5. The summed E-state index contributed by atoms with van der Waals surface area (Å²) in [6.07, 6.45) is 2.78. The number of amides is 3. The summed E-state index contributed by atoms with van der Waals surface area (Å²) in [7, 11) is 2.06. The maximum absolute atomic E-state index is 13.6. The molecule has 164 valence electrons. The van der Waals surface area contributed by atoms with Gasteiger partial charge >= 0.3 is 6.03 Å². The molecule has 1 aromatic rings. The molecule has 1 N–H and O–H groups in total. The quantitative estimate of drug-likeness (QED) is 0.737. The van der Waals surface area contributed by atoms with Crippen molar-refractivity contribution in [3.8, 4) is 6.07 Å². The summed E-state index contributed by atoms with van der Waals surface area (Å²) in [5.74, 6) is -0.127. The Morgan fingerprint density at radius 3 is 2.65 bits per heavy atom. The predicted octanol–water partition coefficient (Wildman–Crippen LogP) is 2.01. The molecule has 7 nitrogen and oxygen atoms in total. The molecule has 4 atom stereocenters. The summed E-state index contributed by atoms with van der Waals surface area (Å²) in [6.45, 7) is 5.38. The van der Waals surface area contributed by atoms with Gasteiger partial charge in [-0.1, -0.05) is 6.07 Å². The molecule has 2 saturated heterocycles. The summed E-state index contributed by atoms with van der Waals surface area (Å²) < 4.78 is 0. The third-order valence-corrected chi connectivity index (χ3v) is 8.74. The SMILES string of the molecule is CCN1C(=O)N(CC)C2(CCC3(O)C4Cc5ccc(C#N)cc5C3(CCN4C)C2)C1=O. The number of fused-ring (bicyclic) bond motifs is 1. The Bertz CT molecular complexity index is 1020. The number of hydrogen-bond donors (Lipinski definition) is 1. The maximum atomic E-state index is 13.6. The Kier molecular flexibility index (Phi) is 4.32. The molecule has 3 amide bonds. The summed E-state index contributed by atoms with van der Waals surface area (Å²) >= 11 is 0. The van der Waals surface area contributed by atoms with E-state index in [1.165, 1.54) is 4.90 Å². The Morgan fingerprint density at radius 2 is 1.97 bits per heavy atom. The van der Waals surface area contributed by atoms with E-state index < -0.39 is 16.6 Å². The van der Waals surface area contributed by atoms with Crippen LogP contribution in [0, 0.1) is 11.3 Å². The summed E-state index contributed by atoms with van der Waals surface area (Å²) in [5, 5.41) is 21.8. The molecule has 5 rings (SSSR count). The third-order valence-electron chi connectivity index (χ3n) is 8.74. The summed E-state index contributed by atoms with van der Waals surface area (Å²) in [4.78, 5) is 32.1. The molecular formula is C24H30N4O3. The minimum Gasteiger partial charge on any atom is -0.387 e. The number of piperidine rings is 1. The molecule has 1 saturated carbocycles. The van der Waals surface area contributed by atoms with Crippen molar-refractivity contribution in [3.63, 3.8) is 0 Å². The minimum absolute atomic E-state index is 0.0383. The van der Waals surface area contributed by atoms with Crippen molar-refractivity contribution in [3.05, 3.63) is 34.9 Å². The first-order chi connectivity index (χ1) is 14.8. The Balaban J connectivity index is 1.73. The van der Waals surface area contributed by atoms with E-state index >= 15 is 0 Å². The highest BCUT2D eigenvalue weighted by Gasteiger charge is 2.71. The fourth-order valence-electron chi connectivity index (χ4n) is 7.23. The van der Waals surface area contributed by atoms with Gasteiger partial charge in [-0.15, -0.1) is 0 Å². The van der Waals surface area contributed by atoms with Gasteiger partial charge in [0.05, 0.1) is 17.2 Å². The van der Waals surface area contributed by atoms with Crippen LogP contribution in [-0.2, 0) is 16.6 Å². The van der Waals surface area contributed by atoms with Crippen LogP contribution in [0.5, 0.6) is 0 Å². The second-order valence-corrected chi connectivity index (χ2v) is 9.73. The smallest absolute Gasteiger partial charge is 0.327 e. The van der Waals surface area contributed by atoms with Gasteiger partial charge < -0.3 is 14.9 Å². The molecule has 1 aromatic carbocycles. The number of imide groups is 1. The number of hydrogen-bond acceptors (Lipinski definition) is 5. The number of nitriles is 1. The second kappa shape index (κ2) is 6.54. The summed E-state index contributed by atoms with van der Waals surface area (Å²) in [5.41, 5.74) is 0.147. The molecule has 4 unspecified atom stereocenters. The van der Waals surface area contributed by atoms with Gasteiger partial charge in [0.2, 0.25) is 0 Å². The molecule has 2 heterocycles. The van der Waals surface area contributed by atoms with Crippen molar-refractivity contribution < 1.29 is 14.7 Å². The topological polar surface area (TPSA) is 87.9 Å². The molecule has 0 aromatic heterocycles. The number of carbonyl (C=O) groups is 2. The minimum atomic E-state index is -0.991. The predicted molar refractivity (Wildman–Crippen MR) is 114 cm³/mol. The van der Waals surface area contributed by atoms with Gasteiger partial charge in [-0.2, -0.15) is 5.26 Å². The zero-order chi connectivity index (χ0) is 22.2. The lowest BCUT2D eigenvalue weighted by atomic mass is 9.46. The molecule has 3 fully saturated rings. The molecule has 2 bridgehead atoms. The standard InChI is InChI=1S/C24H30N4O3/c1-4-27-20(29)23(28(5-2)21(27)30)8-9-24(31)19-13-17-7-6-16(14-25)12-18(17)22(24,15-23)10-11-26(19)3/h6-7,12,19,31H,4-5,8-11,13,15H2,1-3H3. The average Bonchev–Trinajstić information content (AvgIpc) is 2.96. The molecule has 1 spiro atoms. The van der Waals surface area contributed by atoms with Crippen LogP contribution in [0.4, 0.5) is 4.79 Å². The molecule has 0 radical (unpaired) electrons. The van der Waals surface area contributed by atoms with Crippen LogP contribution in [0.1, 0.15) is 56.2 Å². The van der Waals surface area contributed by atoms with E-state index in [1.807, 2.05) is 32.0 Å². The number of nitrogens with zero attached hydrogens (tertiary/aromatic N) is 4. The largest absolute Gasteiger partial charge is 0.387 e. The van der Waals surface area contributed by atoms with E-state index in [-0.39, 0.29) is 18.0 Å². The number of aliphatic hydroxyl groups is 1. The Morgan fingerprint density at radius 1 is 1.19 bits per heavy atom. The molecular weight excluding hydrogens is 392 g/mol. The van der Waals surface area contributed by atoms with Crippen molar-refractivity contribution in [2.75, 3.05) is 26.7 Å². The van der Waals surface area contributed by atoms with Crippen molar-refractivity contribution in [1.82, 2.24) is 14.7 Å². The molecule has 31 heavy (non-hydrogen) atoms. The van der Waals surface area contributed by atoms with E-state index in [4.69, 9.17) is 0 Å². The van der Waals surface area contributed by atoms with Gasteiger partial charge in [-0.25, -0.2) is 4.79 Å². The van der Waals surface area contributed by atoms with Gasteiger partial charge in [0, 0.05) is 24.5 Å². The first-order valence-corrected chi connectivity index (χ1v) is 11.4. The van der Waals surface area contributed by atoms with E-state index in [0.29, 0.717) is 44.3 Å². The van der Waals surface area contributed by atoms with Crippen molar-refractivity contribution in [2.24, 2.45) is 0 Å². The maximum Gasteiger partial charge on any atom is 0.327 e.